The lowest BCUT2D eigenvalue weighted by atomic mass is 9.98. The fourth-order valence-corrected chi connectivity index (χ4v) is 8.39. The van der Waals surface area contributed by atoms with E-state index in [-0.39, 0.29) is 0 Å². The first-order valence-electron chi connectivity index (χ1n) is 13.8. The highest BCUT2D eigenvalue weighted by atomic mass is 32.1. The highest BCUT2D eigenvalue weighted by Crippen LogP contribution is 2.52. The predicted molar refractivity (Wildman–Crippen MR) is 173 cm³/mol. The lowest BCUT2D eigenvalue weighted by molar-refractivity contribution is 1.19. The zero-order valence-electron chi connectivity index (χ0n) is 21.5. The summed E-state index contributed by atoms with van der Waals surface area (Å²) in [5.74, 6) is 0. The van der Waals surface area contributed by atoms with Crippen LogP contribution in [0.4, 0.5) is 0 Å². The van der Waals surface area contributed by atoms with Crippen molar-refractivity contribution >= 4 is 74.9 Å². The zero-order valence-corrected chi connectivity index (χ0v) is 22.3. The number of nitrogens with zero attached hydrogens (tertiary/aromatic N) is 1. The molecule has 0 bridgehead atoms. The van der Waals surface area contributed by atoms with Crippen LogP contribution in [-0.4, -0.2) is 4.57 Å². The van der Waals surface area contributed by atoms with E-state index < -0.39 is 0 Å². The van der Waals surface area contributed by atoms with Gasteiger partial charge in [0.1, 0.15) is 0 Å². The van der Waals surface area contributed by atoms with Crippen molar-refractivity contribution < 1.29 is 0 Å². The molecule has 0 unspecified atom stereocenters. The van der Waals surface area contributed by atoms with Crippen LogP contribution in [0.25, 0.3) is 91.5 Å². The molecule has 0 N–H and O–H groups in total. The van der Waals surface area contributed by atoms with Crippen LogP contribution in [0.3, 0.4) is 0 Å². The van der Waals surface area contributed by atoms with Crippen molar-refractivity contribution in [2.45, 2.75) is 0 Å². The Bertz CT molecular complexity index is 2540. The number of rotatable bonds is 1. The molecular weight excluding hydrogens is 502 g/mol. The minimum Gasteiger partial charge on any atom is -0.309 e. The molecule has 0 saturated heterocycles. The van der Waals surface area contributed by atoms with E-state index in [2.05, 4.69) is 132 Å². The van der Waals surface area contributed by atoms with E-state index in [1.54, 1.807) is 0 Å². The van der Waals surface area contributed by atoms with Gasteiger partial charge < -0.3 is 4.57 Å². The van der Waals surface area contributed by atoms with E-state index in [1.165, 1.54) is 91.5 Å². The molecule has 0 saturated carbocycles. The lowest BCUT2D eigenvalue weighted by Crippen LogP contribution is -1.93. The SMILES string of the molecule is c1cc2c3c(cccc3c1)-c1c-2ccc2c1c1ccccc1n2-c1ccc2sc3ccc4ccccc4c3c2c1. The third-order valence-corrected chi connectivity index (χ3v) is 10.0. The summed E-state index contributed by atoms with van der Waals surface area (Å²) in [6, 6.07) is 47.4. The van der Waals surface area contributed by atoms with Crippen molar-refractivity contribution in [2.75, 3.05) is 0 Å². The molecule has 0 radical (unpaired) electrons. The summed E-state index contributed by atoms with van der Waals surface area (Å²) in [5.41, 5.74) is 9.12. The summed E-state index contributed by atoms with van der Waals surface area (Å²) in [6.45, 7) is 0. The Morgan fingerprint density at radius 3 is 2.12 bits per heavy atom. The molecule has 40 heavy (non-hydrogen) atoms. The zero-order chi connectivity index (χ0) is 25.9. The normalized spacial score (nSPS) is 12.5. The van der Waals surface area contributed by atoms with Gasteiger partial charge in [-0.1, -0.05) is 91.0 Å². The van der Waals surface area contributed by atoms with Gasteiger partial charge in [-0.05, 0) is 74.6 Å². The van der Waals surface area contributed by atoms with E-state index in [1.807, 2.05) is 11.3 Å². The number of thiophene rings is 1. The minimum absolute atomic E-state index is 1.21. The van der Waals surface area contributed by atoms with Gasteiger partial charge >= 0.3 is 0 Å². The van der Waals surface area contributed by atoms with Gasteiger partial charge in [0.05, 0.1) is 11.0 Å². The first-order chi connectivity index (χ1) is 19.8. The van der Waals surface area contributed by atoms with Gasteiger partial charge in [-0.3, -0.25) is 0 Å². The Hall–Kier alpha value is -4.92. The Labute approximate surface area is 234 Å². The van der Waals surface area contributed by atoms with Gasteiger partial charge in [-0.2, -0.15) is 0 Å². The fraction of sp³-hybridized carbons (Fsp3) is 0. The summed E-state index contributed by atoms with van der Waals surface area (Å²) in [7, 11) is 0. The second-order valence-electron chi connectivity index (χ2n) is 10.9. The van der Waals surface area contributed by atoms with Crippen molar-refractivity contribution in [1.82, 2.24) is 4.57 Å². The molecule has 0 amide bonds. The molecule has 184 valence electrons. The molecule has 0 atom stereocenters. The van der Waals surface area contributed by atoms with E-state index in [0.717, 1.165) is 0 Å². The van der Waals surface area contributed by atoms with Crippen LogP contribution >= 0.6 is 11.3 Å². The molecule has 7 aromatic carbocycles. The van der Waals surface area contributed by atoms with Crippen LogP contribution in [0.1, 0.15) is 0 Å². The molecule has 0 aliphatic heterocycles. The summed E-state index contributed by atoms with van der Waals surface area (Å²) >= 11 is 1.89. The Morgan fingerprint density at radius 2 is 1.20 bits per heavy atom. The highest BCUT2D eigenvalue weighted by Gasteiger charge is 2.26. The van der Waals surface area contributed by atoms with Gasteiger partial charge in [-0.25, -0.2) is 0 Å². The van der Waals surface area contributed by atoms with Gasteiger partial charge in [0.25, 0.3) is 0 Å². The third-order valence-electron chi connectivity index (χ3n) is 8.90. The molecule has 2 heterocycles. The maximum Gasteiger partial charge on any atom is 0.0547 e. The second-order valence-corrected chi connectivity index (χ2v) is 12.0. The number of fused-ring (bicyclic) bond motifs is 12. The number of aromatic nitrogens is 1. The maximum atomic E-state index is 2.47. The summed E-state index contributed by atoms with van der Waals surface area (Å²) in [6.07, 6.45) is 0. The van der Waals surface area contributed by atoms with Crippen LogP contribution < -0.4 is 0 Å². The lowest BCUT2D eigenvalue weighted by Gasteiger charge is -2.10. The number of para-hydroxylation sites is 1. The molecule has 2 aromatic heterocycles. The maximum absolute atomic E-state index is 2.47. The van der Waals surface area contributed by atoms with Gasteiger partial charge in [0, 0.05) is 42.2 Å². The van der Waals surface area contributed by atoms with Crippen LogP contribution in [0.2, 0.25) is 0 Å². The summed E-state index contributed by atoms with van der Waals surface area (Å²) < 4.78 is 5.15. The fourth-order valence-electron chi connectivity index (χ4n) is 7.29. The molecule has 0 fully saturated rings. The van der Waals surface area contributed by atoms with Gasteiger partial charge in [0.15, 0.2) is 0 Å². The Balaban J connectivity index is 1.34. The molecular formula is C38H21NS. The average molecular weight is 524 g/mol. The molecule has 1 aliphatic rings. The highest BCUT2D eigenvalue weighted by molar-refractivity contribution is 7.26. The third kappa shape index (κ3) is 2.53. The first kappa shape index (κ1) is 21.0. The first-order valence-corrected chi connectivity index (χ1v) is 14.6. The van der Waals surface area contributed by atoms with Crippen molar-refractivity contribution in [3.63, 3.8) is 0 Å². The van der Waals surface area contributed by atoms with Crippen molar-refractivity contribution in [3.05, 3.63) is 127 Å². The van der Waals surface area contributed by atoms with E-state index in [9.17, 15) is 0 Å². The van der Waals surface area contributed by atoms with Crippen molar-refractivity contribution in [2.24, 2.45) is 0 Å². The number of hydrogen-bond donors (Lipinski definition) is 0. The quantitative estimate of drug-likeness (QED) is 0.202. The van der Waals surface area contributed by atoms with Crippen molar-refractivity contribution in [3.8, 4) is 27.9 Å². The number of hydrogen-bond acceptors (Lipinski definition) is 1. The number of benzene rings is 7. The van der Waals surface area contributed by atoms with Crippen LogP contribution in [-0.2, 0) is 0 Å². The van der Waals surface area contributed by atoms with E-state index in [0.29, 0.717) is 0 Å². The summed E-state index contributed by atoms with van der Waals surface area (Å²) in [5, 5.41) is 10.7. The largest absolute Gasteiger partial charge is 0.309 e. The van der Waals surface area contributed by atoms with E-state index in [4.69, 9.17) is 0 Å². The van der Waals surface area contributed by atoms with Crippen LogP contribution in [0.5, 0.6) is 0 Å². The van der Waals surface area contributed by atoms with Gasteiger partial charge in [-0.15, -0.1) is 11.3 Å². The summed E-state index contributed by atoms with van der Waals surface area (Å²) in [4.78, 5) is 0. The topological polar surface area (TPSA) is 4.93 Å². The minimum atomic E-state index is 1.21. The monoisotopic (exact) mass is 523 g/mol. The molecule has 1 aliphatic carbocycles. The molecule has 1 nitrogen and oxygen atoms in total. The van der Waals surface area contributed by atoms with E-state index >= 15 is 0 Å². The smallest absolute Gasteiger partial charge is 0.0547 e. The Morgan fingerprint density at radius 1 is 0.425 bits per heavy atom. The van der Waals surface area contributed by atoms with Crippen LogP contribution in [0, 0.1) is 0 Å². The molecule has 0 spiro atoms. The second kappa shape index (κ2) is 7.38. The molecule has 10 rings (SSSR count). The molecule has 2 heteroatoms. The standard InChI is InChI=1S/C38H21NS/c1-2-10-25-22(7-1)15-19-34-36(25)30-21-24(16-20-33(30)40-34)39-31-14-4-3-11-28(31)38-32(39)18-17-27-26-12-5-8-23-9-6-13-29(35(23)26)37(27)38/h1-21H. The average Bonchev–Trinajstić information content (AvgIpc) is 3.66. The predicted octanol–water partition coefficient (Wildman–Crippen LogP) is 11.1. The van der Waals surface area contributed by atoms with Crippen LogP contribution in [0.15, 0.2) is 127 Å². The van der Waals surface area contributed by atoms with Gasteiger partial charge in [0.2, 0.25) is 0 Å². The van der Waals surface area contributed by atoms with Crippen molar-refractivity contribution in [1.29, 1.82) is 0 Å². The molecule has 9 aromatic rings. The Kier molecular flexibility index (Phi) is 3.87.